The Labute approximate surface area is 142 Å². The maximum atomic E-state index is 12.0. The summed E-state index contributed by atoms with van der Waals surface area (Å²) >= 11 is 0. The molecule has 3 rings (SSSR count). The second kappa shape index (κ2) is 7.75. The Morgan fingerprint density at radius 1 is 1.04 bits per heavy atom. The van der Waals surface area contributed by atoms with Crippen LogP contribution in [0.4, 0.5) is 11.4 Å². The molecule has 124 valence electrons. The fourth-order valence-corrected chi connectivity index (χ4v) is 2.65. The average molecular weight is 322 g/mol. The van der Waals surface area contributed by atoms with E-state index < -0.39 is 0 Å². The van der Waals surface area contributed by atoms with Crippen LogP contribution in [0.25, 0.3) is 6.08 Å². The maximum Gasteiger partial charge on any atom is 0.248 e. The molecule has 1 aromatic heterocycles. The van der Waals surface area contributed by atoms with Crippen LogP contribution in [0.15, 0.2) is 54.9 Å². The molecule has 1 aliphatic rings. The van der Waals surface area contributed by atoms with Gasteiger partial charge in [0.15, 0.2) is 0 Å². The Hall–Kier alpha value is -2.66. The lowest BCUT2D eigenvalue weighted by Gasteiger charge is -2.34. The van der Waals surface area contributed by atoms with Crippen molar-refractivity contribution in [1.29, 1.82) is 0 Å². The van der Waals surface area contributed by atoms with E-state index >= 15 is 0 Å². The number of pyridine rings is 1. The molecule has 5 nitrogen and oxygen atoms in total. The van der Waals surface area contributed by atoms with Crippen LogP contribution in [0.2, 0.25) is 0 Å². The summed E-state index contributed by atoms with van der Waals surface area (Å²) in [5.41, 5.74) is 2.95. The molecule has 0 saturated carbocycles. The smallest absolute Gasteiger partial charge is 0.248 e. The summed E-state index contributed by atoms with van der Waals surface area (Å²) in [5.74, 6) is -0.140. The molecule has 1 amide bonds. The number of nitrogens with one attached hydrogen (secondary N) is 1. The SMILES string of the molecule is CN1CCN(c2ccc(NC(=O)C=Cc3ccncc3)cc2)CC1. The van der Waals surface area contributed by atoms with E-state index in [0.717, 1.165) is 37.4 Å². The highest BCUT2D eigenvalue weighted by molar-refractivity contribution is 6.01. The van der Waals surface area contributed by atoms with E-state index in [1.165, 1.54) is 11.8 Å². The minimum Gasteiger partial charge on any atom is -0.369 e. The molecular weight excluding hydrogens is 300 g/mol. The van der Waals surface area contributed by atoms with Gasteiger partial charge in [-0.25, -0.2) is 0 Å². The van der Waals surface area contributed by atoms with Crippen LogP contribution in [-0.4, -0.2) is 49.0 Å². The Morgan fingerprint density at radius 2 is 1.71 bits per heavy atom. The fraction of sp³-hybridized carbons (Fsp3) is 0.263. The number of amides is 1. The first-order valence-corrected chi connectivity index (χ1v) is 8.13. The predicted octanol–water partition coefficient (Wildman–Crippen LogP) is 2.49. The molecule has 1 N–H and O–H groups in total. The van der Waals surface area contributed by atoms with E-state index in [4.69, 9.17) is 0 Å². The number of hydrogen-bond acceptors (Lipinski definition) is 4. The highest BCUT2D eigenvalue weighted by Crippen LogP contribution is 2.19. The third-order valence-electron chi connectivity index (χ3n) is 4.14. The van der Waals surface area contributed by atoms with Gasteiger partial charge in [-0.05, 0) is 55.1 Å². The quantitative estimate of drug-likeness (QED) is 0.879. The van der Waals surface area contributed by atoms with Crippen LogP contribution in [0.1, 0.15) is 5.56 Å². The molecular formula is C19H22N4O. The van der Waals surface area contributed by atoms with Gasteiger partial charge in [0.2, 0.25) is 5.91 Å². The Kier molecular flexibility index (Phi) is 5.23. The fourth-order valence-electron chi connectivity index (χ4n) is 2.65. The third kappa shape index (κ3) is 4.43. The van der Waals surface area contributed by atoms with Crippen molar-refractivity contribution in [3.8, 4) is 0 Å². The number of likely N-dealkylation sites (N-methyl/N-ethyl adjacent to an activating group) is 1. The molecule has 5 heteroatoms. The average Bonchev–Trinajstić information content (AvgIpc) is 2.62. The number of anilines is 2. The van der Waals surface area contributed by atoms with Gasteiger partial charge in [-0.15, -0.1) is 0 Å². The monoisotopic (exact) mass is 322 g/mol. The van der Waals surface area contributed by atoms with Crippen molar-refractivity contribution in [1.82, 2.24) is 9.88 Å². The van der Waals surface area contributed by atoms with Crippen molar-refractivity contribution in [3.05, 3.63) is 60.4 Å². The van der Waals surface area contributed by atoms with E-state index in [1.54, 1.807) is 18.5 Å². The van der Waals surface area contributed by atoms with Crippen molar-refractivity contribution in [3.63, 3.8) is 0 Å². The Balaban J connectivity index is 1.56. The number of piperazine rings is 1. The normalized spacial score (nSPS) is 15.6. The largest absolute Gasteiger partial charge is 0.369 e. The molecule has 2 aromatic rings. The van der Waals surface area contributed by atoms with Gasteiger partial charge in [-0.3, -0.25) is 9.78 Å². The van der Waals surface area contributed by atoms with Gasteiger partial charge < -0.3 is 15.1 Å². The number of carbonyl (C=O) groups is 1. The van der Waals surface area contributed by atoms with E-state index in [2.05, 4.69) is 39.3 Å². The van der Waals surface area contributed by atoms with Crippen LogP contribution in [-0.2, 0) is 4.79 Å². The summed E-state index contributed by atoms with van der Waals surface area (Å²) in [6, 6.07) is 11.7. The predicted molar refractivity (Wildman–Crippen MR) is 98.1 cm³/mol. The highest BCUT2D eigenvalue weighted by Gasteiger charge is 2.13. The van der Waals surface area contributed by atoms with Crippen molar-refractivity contribution < 1.29 is 4.79 Å². The first-order valence-electron chi connectivity index (χ1n) is 8.13. The number of rotatable bonds is 4. The molecule has 1 aliphatic heterocycles. The lowest BCUT2D eigenvalue weighted by Crippen LogP contribution is -2.44. The number of carbonyl (C=O) groups excluding carboxylic acids is 1. The molecule has 1 saturated heterocycles. The Bertz CT molecular complexity index is 689. The van der Waals surface area contributed by atoms with Crippen LogP contribution >= 0.6 is 0 Å². The van der Waals surface area contributed by atoms with Gasteiger partial charge >= 0.3 is 0 Å². The van der Waals surface area contributed by atoms with Crippen LogP contribution in [0, 0.1) is 0 Å². The lowest BCUT2D eigenvalue weighted by molar-refractivity contribution is -0.111. The topological polar surface area (TPSA) is 48.5 Å². The first-order chi connectivity index (χ1) is 11.7. The summed E-state index contributed by atoms with van der Waals surface area (Å²) in [4.78, 5) is 20.6. The summed E-state index contributed by atoms with van der Waals surface area (Å²) in [5, 5.41) is 2.88. The Morgan fingerprint density at radius 3 is 2.38 bits per heavy atom. The lowest BCUT2D eigenvalue weighted by atomic mass is 10.2. The zero-order chi connectivity index (χ0) is 16.8. The van der Waals surface area contributed by atoms with Crippen molar-refractivity contribution in [2.45, 2.75) is 0 Å². The summed E-state index contributed by atoms with van der Waals surface area (Å²) in [6.07, 6.45) is 6.71. The van der Waals surface area contributed by atoms with Crippen molar-refractivity contribution >= 4 is 23.4 Å². The molecule has 24 heavy (non-hydrogen) atoms. The van der Waals surface area contributed by atoms with Gasteiger partial charge in [-0.2, -0.15) is 0 Å². The molecule has 0 unspecified atom stereocenters. The van der Waals surface area contributed by atoms with E-state index in [-0.39, 0.29) is 5.91 Å². The first kappa shape index (κ1) is 16.2. The van der Waals surface area contributed by atoms with Crippen molar-refractivity contribution in [2.75, 3.05) is 43.4 Å². The number of hydrogen-bond donors (Lipinski definition) is 1. The van der Waals surface area contributed by atoms with E-state index in [1.807, 2.05) is 24.3 Å². The molecule has 0 radical (unpaired) electrons. The maximum absolute atomic E-state index is 12.0. The second-order valence-electron chi connectivity index (χ2n) is 5.94. The molecule has 1 aromatic carbocycles. The summed E-state index contributed by atoms with van der Waals surface area (Å²) < 4.78 is 0. The standard InChI is InChI=1S/C19H22N4O/c1-22-12-14-23(15-13-22)18-5-3-17(4-6-18)21-19(24)7-2-16-8-10-20-11-9-16/h2-11H,12-15H2,1H3,(H,21,24). The van der Waals surface area contributed by atoms with Gasteiger partial charge in [0.1, 0.15) is 0 Å². The van der Waals surface area contributed by atoms with Crippen LogP contribution < -0.4 is 10.2 Å². The molecule has 1 fully saturated rings. The zero-order valence-electron chi connectivity index (χ0n) is 13.9. The van der Waals surface area contributed by atoms with Crippen molar-refractivity contribution in [2.24, 2.45) is 0 Å². The van der Waals surface area contributed by atoms with E-state index in [9.17, 15) is 4.79 Å². The van der Waals surface area contributed by atoms with Gasteiger partial charge in [0.05, 0.1) is 0 Å². The molecule has 0 aliphatic carbocycles. The number of benzene rings is 1. The third-order valence-corrected chi connectivity index (χ3v) is 4.14. The highest BCUT2D eigenvalue weighted by atomic mass is 16.1. The van der Waals surface area contributed by atoms with Gasteiger partial charge in [0, 0.05) is 56.0 Å². The molecule has 2 heterocycles. The molecule has 0 bridgehead atoms. The minimum atomic E-state index is -0.140. The second-order valence-corrected chi connectivity index (χ2v) is 5.94. The van der Waals surface area contributed by atoms with Crippen LogP contribution in [0.5, 0.6) is 0 Å². The van der Waals surface area contributed by atoms with Crippen LogP contribution in [0.3, 0.4) is 0 Å². The van der Waals surface area contributed by atoms with Gasteiger partial charge in [0.25, 0.3) is 0 Å². The summed E-state index contributed by atoms with van der Waals surface area (Å²) in [7, 11) is 2.15. The van der Waals surface area contributed by atoms with Gasteiger partial charge in [-0.1, -0.05) is 0 Å². The number of aromatic nitrogens is 1. The summed E-state index contributed by atoms with van der Waals surface area (Å²) in [6.45, 7) is 4.24. The number of nitrogens with zero attached hydrogens (tertiary/aromatic N) is 3. The zero-order valence-corrected chi connectivity index (χ0v) is 13.9. The molecule has 0 spiro atoms. The molecule has 0 atom stereocenters. The minimum absolute atomic E-state index is 0.140. The van der Waals surface area contributed by atoms with E-state index in [0.29, 0.717) is 0 Å².